The molecule has 0 radical (unpaired) electrons. The lowest BCUT2D eigenvalue weighted by atomic mass is 10.2. The number of rotatable bonds is 4. The lowest BCUT2D eigenvalue weighted by Crippen LogP contribution is -2.34. The van der Waals surface area contributed by atoms with Gasteiger partial charge < -0.3 is 10.5 Å². The molecule has 1 aromatic heterocycles. The second kappa shape index (κ2) is 6.93. The van der Waals surface area contributed by atoms with Crippen LogP contribution < -0.4 is 17.0 Å². The highest BCUT2D eigenvalue weighted by molar-refractivity contribution is 7.99. The maximum absolute atomic E-state index is 12.2. The first kappa shape index (κ1) is 17.2. The van der Waals surface area contributed by atoms with Crippen molar-refractivity contribution in [3.63, 3.8) is 0 Å². The summed E-state index contributed by atoms with van der Waals surface area (Å²) in [4.78, 5) is 38.4. The van der Waals surface area contributed by atoms with Gasteiger partial charge in [0.2, 0.25) is 0 Å². The molecule has 23 heavy (non-hydrogen) atoms. The van der Waals surface area contributed by atoms with E-state index < -0.39 is 17.2 Å². The third-order valence-corrected chi connectivity index (χ3v) is 4.64. The van der Waals surface area contributed by atoms with Gasteiger partial charge in [0.15, 0.2) is 0 Å². The third kappa shape index (κ3) is 3.43. The number of anilines is 1. The van der Waals surface area contributed by atoms with E-state index in [-0.39, 0.29) is 27.9 Å². The lowest BCUT2D eigenvalue weighted by molar-refractivity contribution is 0.0526. The number of nitrogens with one attached hydrogen (secondary N) is 1. The van der Waals surface area contributed by atoms with Crippen LogP contribution in [0.1, 0.15) is 17.3 Å². The average Bonchev–Trinajstić information content (AvgIpc) is 2.51. The van der Waals surface area contributed by atoms with E-state index in [0.717, 1.165) is 16.3 Å². The molecule has 0 spiro atoms. The zero-order valence-electron chi connectivity index (χ0n) is 12.4. The predicted octanol–water partition coefficient (Wildman–Crippen LogP) is 1.64. The Morgan fingerprint density at radius 1 is 1.43 bits per heavy atom. The van der Waals surface area contributed by atoms with Gasteiger partial charge in [-0.2, -0.15) is 0 Å². The second-order valence-electron chi connectivity index (χ2n) is 4.48. The van der Waals surface area contributed by atoms with Crippen LogP contribution in [-0.4, -0.2) is 22.1 Å². The van der Waals surface area contributed by atoms with E-state index in [9.17, 15) is 14.4 Å². The Bertz CT molecular complexity index is 875. The van der Waals surface area contributed by atoms with E-state index in [1.807, 2.05) is 0 Å². The molecule has 0 saturated carbocycles. The van der Waals surface area contributed by atoms with Gasteiger partial charge in [-0.3, -0.25) is 14.3 Å². The molecule has 1 aromatic carbocycles. The zero-order valence-corrected chi connectivity index (χ0v) is 14.0. The van der Waals surface area contributed by atoms with Crippen LogP contribution in [0.2, 0.25) is 5.02 Å². The molecule has 0 amide bonds. The van der Waals surface area contributed by atoms with E-state index in [2.05, 4.69) is 4.98 Å². The molecule has 0 unspecified atom stereocenters. The molecule has 2 rings (SSSR count). The van der Waals surface area contributed by atoms with Crippen molar-refractivity contribution < 1.29 is 9.53 Å². The number of H-pyrrole nitrogens is 1. The SMILES string of the molecule is CCOC(=O)c1cccc(Sc2c(N)[nH]c(=O)n(C)c2=O)c1Cl. The van der Waals surface area contributed by atoms with Crippen LogP contribution in [0.15, 0.2) is 37.6 Å². The maximum atomic E-state index is 12.2. The van der Waals surface area contributed by atoms with Gasteiger partial charge in [-0.05, 0) is 19.1 Å². The van der Waals surface area contributed by atoms with Crippen molar-refractivity contribution in [3.8, 4) is 0 Å². The first-order valence-corrected chi connectivity index (χ1v) is 7.78. The molecular weight excluding hydrogens is 342 g/mol. The number of carbonyl (C=O) groups excluding carboxylic acids is 1. The minimum Gasteiger partial charge on any atom is -0.462 e. The summed E-state index contributed by atoms with van der Waals surface area (Å²) in [5.74, 6) is -0.608. The van der Waals surface area contributed by atoms with Gasteiger partial charge in [-0.15, -0.1) is 0 Å². The van der Waals surface area contributed by atoms with Gasteiger partial charge >= 0.3 is 11.7 Å². The first-order chi connectivity index (χ1) is 10.9. The van der Waals surface area contributed by atoms with Crippen molar-refractivity contribution in [2.45, 2.75) is 16.7 Å². The standard InChI is InChI=1S/C14H14ClN3O4S/c1-3-22-13(20)7-5-4-6-8(9(7)15)23-10-11(16)17-14(21)18(2)12(10)19/h4-6H,3,16H2,1-2H3,(H,17,21). The molecule has 0 bridgehead atoms. The Balaban J connectivity index is 2.49. The highest BCUT2D eigenvalue weighted by Gasteiger charge is 2.18. The summed E-state index contributed by atoms with van der Waals surface area (Å²) in [6.07, 6.45) is 0. The maximum Gasteiger partial charge on any atom is 0.339 e. The van der Waals surface area contributed by atoms with E-state index in [1.54, 1.807) is 19.1 Å². The van der Waals surface area contributed by atoms with Crippen molar-refractivity contribution in [1.82, 2.24) is 9.55 Å². The number of hydrogen-bond donors (Lipinski definition) is 2. The molecule has 1 heterocycles. The number of carbonyl (C=O) groups is 1. The Labute approximate surface area is 140 Å². The fraction of sp³-hybridized carbons (Fsp3) is 0.214. The average molecular weight is 356 g/mol. The highest BCUT2D eigenvalue weighted by Crippen LogP contribution is 2.35. The number of nitrogens with two attached hydrogens (primary N) is 1. The van der Waals surface area contributed by atoms with Gasteiger partial charge in [0.25, 0.3) is 5.56 Å². The van der Waals surface area contributed by atoms with Crippen LogP contribution in [0.3, 0.4) is 0 Å². The Hall–Kier alpha value is -2.19. The quantitative estimate of drug-likeness (QED) is 0.807. The zero-order chi connectivity index (χ0) is 17.1. The number of halogens is 1. The third-order valence-electron chi connectivity index (χ3n) is 2.96. The lowest BCUT2D eigenvalue weighted by Gasteiger charge is -2.10. The normalized spacial score (nSPS) is 10.6. The van der Waals surface area contributed by atoms with E-state index in [1.165, 1.54) is 13.1 Å². The summed E-state index contributed by atoms with van der Waals surface area (Å²) in [7, 11) is 1.33. The number of nitrogen functional groups attached to an aromatic ring is 1. The number of aromatic nitrogens is 2. The molecule has 0 aliphatic heterocycles. The van der Waals surface area contributed by atoms with Gasteiger partial charge in [0.05, 0.1) is 17.2 Å². The highest BCUT2D eigenvalue weighted by atomic mass is 35.5. The van der Waals surface area contributed by atoms with Crippen LogP contribution >= 0.6 is 23.4 Å². The number of esters is 1. The molecule has 122 valence electrons. The van der Waals surface area contributed by atoms with Crippen molar-refractivity contribution in [2.24, 2.45) is 7.05 Å². The van der Waals surface area contributed by atoms with E-state index in [4.69, 9.17) is 22.1 Å². The molecule has 2 aromatic rings. The molecule has 0 aliphatic rings. The molecule has 3 N–H and O–H groups in total. The van der Waals surface area contributed by atoms with Gasteiger partial charge in [0.1, 0.15) is 10.7 Å². The van der Waals surface area contributed by atoms with Gasteiger partial charge in [-0.25, -0.2) is 9.59 Å². The summed E-state index contributed by atoms with van der Waals surface area (Å²) < 4.78 is 5.83. The molecule has 0 saturated heterocycles. The van der Waals surface area contributed by atoms with E-state index in [0.29, 0.717) is 4.90 Å². The smallest absolute Gasteiger partial charge is 0.339 e. The molecule has 7 nitrogen and oxygen atoms in total. The number of nitrogens with zero attached hydrogens (tertiary/aromatic N) is 1. The fourth-order valence-corrected chi connectivity index (χ4v) is 3.05. The van der Waals surface area contributed by atoms with Crippen LogP contribution in [0.4, 0.5) is 5.82 Å². The van der Waals surface area contributed by atoms with Crippen molar-refractivity contribution in [1.29, 1.82) is 0 Å². The number of aromatic amines is 1. The summed E-state index contributed by atoms with van der Waals surface area (Å²) in [5.41, 5.74) is 4.75. The van der Waals surface area contributed by atoms with Crippen LogP contribution in [0, 0.1) is 0 Å². The van der Waals surface area contributed by atoms with E-state index >= 15 is 0 Å². The first-order valence-electron chi connectivity index (χ1n) is 6.59. The summed E-state index contributed by atoms with van der Waals surface area (Å²) in [6, 6.07) is 4.78. The minimum atomic E-state index is -0.608. The summed E-state index contributed by atoms with van der Waals surface area (Å²) in [6.45, 7) is 1.91. The van der Waals surface area contributed by atoms with Crippen LogP contribution in [-0.2, 0) is 11.8 Å². The van der Waals surface area contributed by atoms with Crippen LogP contribution in [0.25, 0.3) is 0 Å². The molecule has 9 heteroatoms. The monoisotopic (exact) mass is 355 g/mol. The van der Waals surface area contributed by atoms with Crippen LogP contribution in [0.5, 0.6) is 0 Å². The Kier molecular flexibility index (Phi) is 5.17. The Morgan fingerprint density at radius 3 is 2.78 bits per heavy atom. The largest absolute Gasteiger partial charge is 0.462 e. The summed E-state index contributed by atoms with van der Waals surface area (Å²) >= 11 is 7.19. The second-order valence-corrected chi connectivity index (χ2v) is 5.91. The number of ether oxygens (including phenoxy) is 1. The molecule has 0 atom stereocenters. The predicted molar refractivity (Wildman–Crippen MR) is 88.2 cm³/mol. The fourth-order valence-electron chi connectivity index (χ4n) is 1.78. The number of benzene rings is 1. The number of hydrogen-bond acceptors (Lipinski definition) is 6. The van der Waals surface area contributed by atoms with Crippen molar-refractivity contribution in [3.05, 3.63) is 49.6 Å². The Morgan fingerprint density at radius 2 is 2.13 bits per heavy atom. The van der Waals surface area contributed by atoms with Crippen molar-refractivity contribution in [2.75, 3.05) is 12.3 Å². The molecular formula is C14H14ClN3O4S. The molecule has 0 fully saturated rings. The minimum absolute atomic E-state index is 0.0549. The van der Waals surface area contributed by atoms with Gasteiger partial charge in [0, 0.05) is 11.9 Å². The van der Waals surface area contributed by atoms with Crippen molar-refractivity contribution >= 4 is 35.1 Å². The summed E-state index contributed by atoms with van der Waals surface area (Å²) in [5, 5.41) is 0.156. The topological polar surface area (TPSA) is 107 Å². The van der Waals surface area contributed by atoms with Gasteiger partial charge in [-0.1, -0.05) is 29.4 Å². The molecule has 0 aliphatic carbocycles.